The molecule has 0 amide bonds. The van der Waals surface area contributed by atoms with Crippen molar-refractivity contribution in [1.82, 2.24) is 19.5 Å². The van der Waals surface area contributed by atoms with E-state index in [1.54, 1.807) is 4.57 Å². The largest absolute Gasteiger partial charge is 0.394 e. The van der Waals surface area contributed by atoms with Crippen molar-refractivity contribution in [3.63, 3.8) is 0 Å². The van der Waals surface area contributed by atoms with Gasteiger partial charge in [-0.3, -0.25) is 4.57 Å². The van der Waals surface area contributed by atoms with Crippen molar-refractivity contribution >= 4 is 28.6 Å². The highest BCUT2D eigenvalue weighted by atomic mass is 35.5. The Morgan fingerprint density at radius 1 is 1.14 bits per heavy atom. The second kappa shape index (κ2) is 7.63. The molecule has 29 heavy (non-hydrogen) atoms. The molecule has 10 heteroatoms. The van der Waals surface area contributed by atoms with E-state index < -0.39 is 31.1 Å². The Balaban J connectivity index is 1.48. The molecular formula is C19H26ClN5O4. The Hall–Kier alpha value is -1.52. The molecule has 3 fully saturated rings. The molecule has 0 radical (unpaired) electrons. The fourth-order valence-corrected chi connectivity index (χ4v) is 4.83. The molecule has 158 valence electrons. The highest BCUT2D eigenvalue weighted by Crippen LogP contribution is 2.42. The molecule has 4 N–H and O–H groups in total. The topological polar surface area (TPSA) is 126 Å². The summed E-state index contributed by atoms with van der Waals surface area (Å²) in [5.74, 6) is 1.88. The van der Waals surface area contributed by atoms with Gasteiger partial charge in [0.1, 0.15) is 18.3 Å². The number of hydrogen-bond acceptors (Lipinski definition) is 8. The first-order chi connectivity index (χ1) is 14.1. The minimum atomic E-state index is -1.22. The second-order valence-electron chi connectivity index (χ2n) is 8.45. The Labute approximate surface area is 173 Å². The standard InChI is InChI=1S/C19H26ClN5O4/c20-19-23-16(22-12(9-3-1-4-9)10-5-2-6-10)13-17(24-19)25(8-21-13)18-15(28)14(27)11(7-26)29-18/h8-12,14-15,18,26-28H,1-7H2,(H,22,23,24)/t11-,14-,15-,18-/m1/s1. The summed E-state index contributed by atoms with van der Waals surface area (Å²) in [5.41, 5.74) is 0.971. The van der Waals surface area contributed by atoms with Crippen LogP contribution in [0.25, 0.3) is 11.2 Å². The zero-order valence-corrected chi connectivity index (χ0v) is 16.7. The van der Waals surface area contributed by atoms with Crippen LogP contribution in [0, 0.1) is 11.8 Å². The first-order valence-electron chi connectivity index (χ1n) is 10.4. The van der Waals surface area contributed by atoms with E-state index in [1.807, 2.05) is 0 Å². The van der Waals surface area contributed by atoms with Gasteiger partial charge in [0.15, 0.2) is 23.2 Å². The monoisotopic (exact) mass is 423 g/mol. The van der Waals surface area contributed by atoms with Crippen LogP contribution in [-0.4, -0.2) is 65.8 Å². The first-order valence-corrected chi connectivity index (χ1v) is 10.7. The van der Waals surface area contributed by atoms with Gasteiger partial charge in [-0.1, -0.05) is 12.8 Å². The number of aliphatic hydroxyl groups excluding tert-OH is 3. The van der Waals surface area contributed by atoms with E-state index in [2.05, 4.69) is 20.3 Å². The first kappa shape index (κ1) is 19.4. The average molecular weight is 424 g/mol. The van der Waals surface area contributed by atoms with E-state index in [0.717, 1.165) is 0 Å². The number of nitrogens with zero attached hydrogens (tertiary/aromatic N) is 4. The summed E-state index contributed by atoms with van der Waals surface area (Å²) in [6, 6.07) is 0.353. The van der Waals surface area contributed by atoms with Crippen LogP contribution in [-0.2, 0) is 4.74 Å². The van der Waals surface area contributed by atoms with Crippen molar-refractivity contribution in [3.8, 4) is 0 Å². The van der Waals surface area contributed by atoms with Gasteiger partial charge in [0.2, 0.25) is 5.28 Å². The number of nitrogens with one attached hydrogen (secondary N) is 1. The zero-order chi connectivity index (χ0) is 20.1. The van der Waals surface area contributed by atoms with Gasteiger partial charge in [0, 0.05) is 6.04 Å². The fraction of sp³-hybridized carbons (Fsp3) is 0.737. The lowest BCUT2D eigenvalue weighted by atomic mass is 9.68. The van der Waals surface area contributed by atoms with Crippen molar-refractivity contribution in [1.29, 1.82) is 0 Å². The number of fused-ring (bicyclic) bond motifs is 1. The third-order valence-electron chi connectivity index (χ3n) is 6.80. The fourth-order valence-electron chi connectivity index (χ4n) is 4.66. The number of rotatable bonds is 6. The molecule has 2 saturated carbocycles. The summed E-state index contributed by atoms with van der Waals surface area (Å²) in [4.78, 5) is 13.2. The molecule has 0 bridgehead atoms. The highest BCUT2D eigenvalue weighted by Gasteiger charge is 2.44. The Morgan fingerprint density at radius 2 is 1.83 bits per heavy atom. The summed E-state index contributed by atoms with van der Waals surface area (Å²) >= 11 is 6.22. The van der Waals surface area contributed by atoms with Gasteiger partial charge < -0.3 is 25.4 Å². The van der Waals surface area contributed by atoms with E-state index in [-0.39, 0.29) is 5.28 Å². The number of halogens is 1. The maximum absolute atomic E-state index is 10.4. The van der Waals surface area contributed by atoms with Crippen LogP contribution in [0.3, 0.4) is 0 Å². The molecule has 4 atom stereocenters. The van der Waals surface area contributed by atoms with E-state index >= 15 is 0 Å². The molecule has 0 aromatic carbocycles. The van der Waals surface area contributed by atoms with E-state index in [0.29, 0.717) is 34.9 Å². The maximum atomic E-state index is 10.4. The molecule has 2 aromatic rings. The Bertz CT molecular complexity index is 873. The van der Waals surface area contributed by atoms with Gasteiger partial charge in [-0.15, -0.1) is 0 Å². The molecule has 1 saturated heterocycles. The summed E-state index contributed by atoms with van der Waals surface area (Å²) < 4.78 is 7.17. The summed E-state index contributed by atoms with van der Waals surface area (Å²) in [5, 5.41) is 33.5. The van der Waals surface area contributed by atoms with Crippen molar-refractivity contribution in [2.24, 2.45) is 11.8 Å². The van der Waals surface area contributed by atoms with Gasteiger partial charge in [0.25, 0.3) is 0 Å². The van der Waals surface area contributed by atoms with Crippen LogP contribution in [0.2, 0.25) is 5.28 Å². The predicted octanol–water partition coefficient (Wildman–Crippen LogP) is 1.47. The van der Waals surface area contributed by atoms with Gasteiger partial charge in [-0.2, -0.15) is 9.97 Å². The van der Waals surface area contributed by atoms with Crippen molar-refractivity contribution in [2.75, 3.05) is 11.9 Å². The number of aliphatic hydroxyl groups is 3. The van der Waals surface area contributed by atoms with Crippen LogP contribution >= 0.6 is 11.6 Å². The van der Waals surface area contributed by atoms with Gasteiger partial charge in [0.05, 0.1) is 12.9 Å². The number of ether oxygens (including phenoxy) is 1. The molecule has 2 aliphatic carbocycles. The Kier molecular flexibility index (Phi) is 5.11. The average Bonchev–Trinajstić information content (AvgIpc) is 3.13. The Morgan fingerprint density at radius 3 is 2.38 bits per heavy atom. The van der Waals surface area contributed by atoms with Crippen LogP contribution in [0.4, 0.5) is 5.82 Å². The smallest absolute Gasteiger partial charge is 0.226 e. The maximum Gasteiger partial charge on any atom is 0.226 e. The molecule has 9 nitrogen and oxygen atoms in total. The van der Waals surface area contributed by atoms with Crippen molar-refractivity contribution in [2.45, 2.75) is 69.1 Å². The molecule has 2 aromatic heterocycles. The van der Waals surface area contributed by atoms with Crippen LogP contribution < -0.4 is 5.32 Å². The van der Waals surface area contributed by atoms with E-state index in [1.165, 1.54) is 44.9 Å². The zero-order valence-electron chi connectivity index (χ0n) is 16.0. The molecular weight excluding hydrogens is 398 g/mol. The van der Waals surface area contributed by atoms with Crippen molar-refractivity contribution in [3.05, 3.63) is 11.6 Å². The summed E-state index contributed by atoms with van der Waals surface area (Å²) in [6.45, 7) is -0.394. The lowest BCUT2D eigenvalue weighted by molar-refractivity contribution is -0.0511. The summed E-state index contributed by atoms with van der Waals surface area (Å²) in [7, 11) is 0. The van der Waals surface area contributed by atoms with Gasteiger partial charge >= 0.3 is 0 Å². The quantitative estimate of drug-likeness (QED) is 0.515. The van der Waals surface area contributed by atoms with Crippen molar-refractivity contribution < 1.29 is 20.1 Å². The van der Waals surface area contributed by atoms with Crippen LogP contribution in [0.5, 0.6) is 0 Å². The van der Waals surface area contributed by atoms with Gasteiger partial charge in [-0.05, 0) is 49.1 Å². The van der Waals surface area contributed by atoms with Gasteiger partial charge in [-0.25, -0.2) is 4.98 Å². The molecule has 0 spiro atoms. The normalized spacial score (nSPS) is 30.7. The lowest BCUT2D eigenvalue weighted by Gasteiger charge is -2.43. The molecule has 5 rings (SSSR count). The molecule has 3 aliphatic rings. The number of hydrogen-bond donors (Lipinski definition) is 4. The second-order valence-corrected chi connectivity index (χ2v) is 8.78. The van der Waals surface area contributed by atoms with Crippen LogP contribution in [0.15, 0.2) is 6.33 Å². The lowest BCUT2D eigenvalue weighted by Crippen LogP contribution is -2.42. The molecule has 1 aliphatic heterocycles. The van der Waals surface area contributed by atoms with E-state index in [4.69, 9.17) is 16.3 Å². The SMILES string of the molecule is OC[C@H]1O[C@@H](n2cnc3c(NC(C4CCC4)C4CCC4)nc(Cl)nc32)[C@H](O)[C@@H]1O. The third kappa shape index (κ3) is 3.29. The molecule has 3 heterocycles. The summed E-state index contributed by atoms with van der Waals surface area (Å²) in [6.07, 6.45) is 4.77. The molecule has 0 unspecified atom stereocenters. The highest BCUT2D eigenvalue weighted by molar-refractivity contribution is 6.28. The van der Waals surface area contributed by atoms with Crippen LogP contribution in [0.1, 0.15) is 44.8 Å². The predicted molar refractivity (Wildman–Crippen MR) is 105 cm³/mol. The third-order valence-corrected chi connectivity index (χ3v) is 6.97. The minimum absolute atomic E-state index is 0.0782. The minimum Gasteiger partial charge on any atom is -0.394 e. The number of aromatic nitrogens is 4. The van der Waals surface area contributed by atoms with E-state index in [9.17, 15) is 15.3 Å². The number of anilines is 1. The number of imidazole rings is 1.